The topological polar surface area (TPSA) is 29.5 Å². The van der Waals surface area contributed by atoms with E-state index in [1.807, 2.05) is 24.3 Å². The highest BCUT2D eigenvalue weighted by Gasteiger charge is 2.22. The van der Waals surface area contributed by atoms with Crippen molar-refractivity contribution < 1.29 is 9.84 Å². The summed E-state index contributed by atoms with van der Waals surface area (Å²) >= 11 is 6.93. The number of phenols is 1. The molecule has 0 fully saturated rings. The van der Waals surface area contributed by atoms with Crippen molar-refractivity contribution in [2.24, 2.45) is 0 Å². The van der Waals surface area contributed by atoms with Crippen LogP contribution in [0.15, 0.2) is 48.5 Å². The zero-order valence-electron chi connectivity index (χ0n) is 13.4. The van der Waals surface area contributed by atoms with Gasteiger partial charge in [0.05, 0.1) is 10.3 Å². The Morgan fingerprint density at radius 3 is 2.00 bits per heavy atom. The fourth-order valence-electron chi connectivity index (χ4n) is 2.44. The second-order valence-electron chi connectivity index (χ2n) is 6.08. The van der Waals surface area contributed by atoms with Crippen LogP contribution in [0.25, 0.3) is 0 Å². The van der Waals surface area contributed by atoms with E-state index in [0.29, 0.717) is 16.1 Å². The van der Waals surface area contributed by atoms with Crippen LogP contribution in [-0.2, 0) is 5.41 Å². The lowest BCUT2D eigenvalue weighted by Gasteiger charge is -2.26. The van der Waals surface area contributed by atoms with Gasteiger partial charge in [-0.25, -0.2) is 0 Å². The molecule has 124 valence electrons. The van der Waals surface area contributed by atoms with Crippen molar-refractivity contribution in [2.75, 3.05) is 6.61 Å². The van der Waals surface area contributed by atoms with Crippen molar-refractivity contribution in [3.63, 3.8) is 0 Å². The van der Waals surface area contributed by atoms with Gasteiger partial charge in [-0.1, -0.05) is 70.0 Å². The Hall–Kier alpha value is -1.000. The van der Waals surface area contributed by atoms with Crippen molar-refractivity contribution in [3.05, 3.63) is 59.7 Å². The summed E-state index contributed by atoms with van der Waals surface area (Å²) in [6, 6.07) is 15.7. The van der Waals surface area contributed by atoms with Gasteiger partial charge in [-0.3, -0.25) is 0 Å². The predicted molar refractivity (Wildman–Crippen MR) is 103 cm³/mol. The highest BCUT2D eigenvalue weighted by atomic mass is 79.9. The number of phenolic OH excluding ortho intramolecular Hbond substituents is 1. The van der Waals surface area contributed by atoms with E-state index in [1.165, 1.54) is 11.1 Å². The van der Waals surface area contributed by atoms with Gasteiger partial charge in [0, 0.05) is 5.41 Å². The molecule has 0 unspecified atom stereocenters. The number of ether oxygens (including phenoxy) is 1. The van der Waals surface area contributed by atoms with E-state index in [4.69, 9.17) is 4.74 Å². The molecule has 0 spiro atoms. The first-order valence-electron chi connectivity index (χ1n) is 7.70. The van der Waals surface area contributed by atoms with Crippen LogP contribution < -0.4 is 4.74 Å². The fraction of sp³-hybridized carbons (Fsp3) is 0.368. The molecular formula is C19H22Br2O2. The molecule has 0 saturated heterocycles. The summed E-state index contributed by atoms with van der Waals surface area (Å²) in [5.41, 5.74) is 2.27. The summed E-state index contributed by atoms with van der Waals surface area (Å²) in [4.78, 5) is 0. The van der Waals surface area contributed by atoms with E-state index in [9.17, 15) is 5.11 Å². The Bertz CT molecular complexity index is 604. The molecule has 0 atom stereocenters. The molecule has 0 aliphatic heterocycles. The van der Waals surface area contributed by atoms with Gasteiger partial charge in [0.15, 0.2) is 0 Å². The maximum Gasteiger partial charge on any atom is 0.119 e. The van der Waals surface area contributed by atoms with Crippen LogP contribution >= 0.6 is 31.9 Å². The van der Waals surface area contributed by atoms with Crippen LogP contribution in [0.2, 0.25) is 0 Å². The summed E-state index contributed by atoms with van der Waals surface area (Å²) < 4.78 is 6.12. The van der Waals surface area contributed by atoms with Gasteiger partial charge in [-0.05, 0) is 48.2 Å². The Morgan fingerprint density at radius 1 is 0.957 bits per heavy atom. The van der Waals surface area contributed by atoms with Gasteiger partial charge < -0.3 is 9.84 Å². The number of rotatable bonds is 7. The average molecular weight is 442 g/mol. The van der Waals surface area contributed by atoms with Crippen molar-refractivity contribution in [2.45, 2.75) is 35.8 Å². The van der Waals surface area contributed by atoms with Crippen molar-refractivity contribution >= 4 is 31.9 Å². The van der Waals surface area contributed by atoms with Crippen LogP contribution in [0.3, 0.4) is 0 Å². The standard InChI is InChI=1S/C19H22Br2O2/c1-19(2,14-5-9-16(22)10-6-14)15-7-11-17(12-8-15)23-13-3-4-18(20)21/h5-12,18,22H,3-4,13H2,1-2H3. The number of benzene rings is 2. The van der Waals surface area contributed by atoms with Crippen molar-refractivity contribution in [1.29, 1.82) is 0 Å². The number of aromatic hydroxyl groups is 1. The maximum absolute atomic E-state index is 9.44. The van der Waals surface area contributed by atoms with Gasteiger partial charge in [-0.2, -0.15) is 0 Å². The van der Waals surface area contributed by atoms with E-state index >= 15 is 0 Å². The number of hydrogen-bond acceptors (Lipinski definition) is 2. The second kappa shape index (κ2) is 8.20. The van der Waals surface area contributed by atoms with E-state index in [1.54, 1.807) is 12.1 Å². The van der Waals surface area contributed by atoms with Gasteiger partial charge in [0.2, 0.25) is 0 Å². The van der Waals surface area contributed by atoms with Crippen LogP contribution in [0, 0.1) is 0 Å². The molecule has 0 bridgehead atoms. The van der Waals surface area contributed by atoms with Gasteiger partial charge >= 0.3 is 0 Å². The molecule has 0 aliphatic rings. The molecule has 4 heteroatoms. The number of halogens is 2. The molecule has 2 aromatic carbocycles. The summed E-state index contributed by atoms with van der Waals surface area (Å²) in [6.45, 7) is 5.08. The van der Waals surface area contributed by atoms with Crippen molar-refractivity contribution in [1.82, 2.24) is 0 Å². The smallest absolute Gasteiger partial charge is 0.119 e. The highest BCUT2D eigenvalue weighted by Crippen LogP contribution is 2.33. The maximum atomic E-state index is 9.44. The van der Waals surface area contributed by atoms with Crippen LogP contribution in [0.1, 0.15) is 37.8 Å². The molecule has 2 rings (SSSR count). The molecule has 0 aromatic heterocycles. The SMILES string of the molecule is CC(C)(c1ccc(O)cc1)c1ccc(OCCCC(Br)Br)cc1. The van der Waals surface area contributed by atoms with E-state index < -0.39 is 0 Å². The Labute approximate surface area is 155 Å². The monoisotopic (exact) mass is 440 g/mol. The molecular weight excluding hydrogens is 420 g/mol. The molecule has 0 amide bonds. The zero-order chi connectivity index (χ0) is 16.9. The second-order valence-corrected chi connectivity index (χ2v) is 9.52. The summed E-state index contributed by atoms with van der Waals surface area (Å²) in [6.07, 6.45) is 2.04. The Kier molecular flexibility index (Phi) is 6.54. The molecule has 1 N–H and O–H groups in total. The minimum Gasteiger partial charge on any atom is -0.508 e. The molecule has 0 heterocycles. The Morgan fingerprint density at radius 2 is 1.48 bits per heavy atom. The molecule has 0 saturated carbocycles. The van der Waals surface area contributed by atoms with E-state index in [0.717, 1.165) is 18.6 Å². The lowest BCUT2D eigenvalue weighted by molar-refractivity contribution is 0.309. The molecule has 2 aromatic rings. The number of alkyl halides is 2. The molecule has 23 heavy (non-hydrogen) atoms. The van der Waals surface area contributed by atoms with Gasteiger partial charge in [-0.15, -0.1) is 0 Å². The third-order valence-corrected chi connectivity index (χ3v) is 4.92. The first kappa shape index (κ1) is 18.3. The normalized spacial score (nSPS) is 11.7. The van der Waals surface area contributed by atoms with Crippen molar-refractivity contribution in [3.8, 4) is 11.5 Å². The average Bonchev–Trinajstić information content (AvgIpc) is 2.52. The lowest BCUT2D eigenvalue weighted by atomic mass is 9.78. The van der Waals surface area contributed by atoms with E-state index in [2.05, 4.69) is 57.8 Å². The summed E-state index contributed by atoms with van der Waals surface area (Å²) in [7, 11) is 0. The third kappa shape index (κ3) is 5.25. The minimum atomic E-state index is -0.120. The highest BCUT2D eigenvalue weighted by molar-refractivity contribution is 9.24. The lowest BCUT2D eigenvalue weighted by Crippen LogP contribution is -2.18. The van der Waals surface area contributed by atoms with Crippen LogP contribution in [0.4, 0.5) is 0 Å². The Balaban J connectivity index is 2.02. The van der Waals surface area contributed by atoms with Crippen LogP contribution in [0.5, 0.6) is 11.5 Å². The van der Waals surface area contributed by atoms with E-state index in [-0.39, 0.29) is 5.41 Å². The zero-order valence-corrected chi connectivity index (χ0v) is 16.6. The molecule has 2 nitrogen and oxygen atoms in total. The first-order chi connectivity index (χ1) is 10.9. The molecule has 0 aliphatic carbocycles. The minimum absolute atomic E-state index is 0.120. The number of hydrogen-bond donors (Lipinski definition) is 1. The predicted octanol–water partition coefficient (Wildman–Crippen LogP) is 5.99. The summed E-state index contributed by atoms with van der Waals surface area (Å²) in [5, 5.41) is 9.44. The van der Waals surface area contributed by atoms with Crippen LogP contribution in [-0.4, -0.2) is 15.4 Å². The van der Waals surface area contributed by atoms with Gasteiger partial charge in [0.1, 0.15) is 11.5 Å². The quantitative estimate of drug-likeness (QED) is 0.422. The largest absolute Gasteiger partial charge is 0.508 e. The fourth-order valence-corrected chi connectivity index (χ4v) is 3.09. The van der Waals surface area contributed by atoms with Gasteiger partial charge in [0.25, 0.3) is 0 Å². The first-order valence-corrected chi connectivity index (χ1v) is 9.54. The summed E-state index contributed by atoms with van der Waals surface area (Å²) in [5.74, 6) is 1.19. The molecule has 0 radical (unpaired) electrons. The third-order valence-electron chi connectivity index (χ3n) is 4.00.